The van der Waals surface area contributed by atoms with E-state index in [0.717, 1.165) is 11.6 Å². The van der Waals surface area contributed by atoms with Gasteiger partial charge in [0.15, 0.2) is 0 Å². The third-order valence-corrected chi connectivity index (χ3v) is 2.57. The molecule has 0 saturated heterocycles. The Morgan fingerprint density at radius 2 is 1.31 bits per heavy atom. The fraction of sp³-hybridized carbons (Fsp3) is 0.667. The summed E-state index contributed by atoms with van der Waals surface area (Å²) in [4.78, 5) is 12.8. The molecule has 0 bridgehead atoms. The summed E-state index contributed by atoms with van der Waals surface area (Å²) in [5.41, 5.74) is 5.63. The molecule has 4 nitrogen and oxygen atoms in total. The van der Waals surface area contributed by atoms with E-state index in [4.69, 9.17) is 5.73 Å². The molecule has 0 atom stereocenters. The second-order valence-electron chi connectivity index (χ2n) is 3.96. The normalized spacial score (nSPS) is 21.8. The monoisotopic (exact) mass is 176 g/mol. The van der Waals surface area contributed by atoms with Gasteiger partial charge in [0.25, 0.3) is 0 Å². The first-order valence-electron chi connectivity index (χ1n) is 4.84. The summed E-state index contributed by atoms with van der Waals surface area (Å²) >= 11 is 0. The van der Waals surface area contributed by atoms with Gasteiger partial charge >= 0.3 is 0 Å². The van der Waals surface area contributed by atoms with Crippen molar-refractivity contribution < 1.29 is 0 Å². The topological polar surface area (TPSA) is 64.7 Å². The summed E-state index contributed by atoms with van der Waals surface area (Å²) < 4.78 is 0. The number of nitrogens with two attached hydrogens (primary N) is 1. The molecule has 0 radical (unpaired) electrons. The maximum absolute atomic E-state index is 5.63. The Balaban J connectivity index is 1.99. The first kappa shape index (κ1) is 7.24. The summed E-state index contributed by atoms with van der Waals surface area (Å²) in [5, 5.41) is 0. The summed E-state index contributed by atoms with van der Waals surface area (Å²) in [6, 6.07) is 0. The molecule has 2 N–H and O–H groups in total. The minimum Gasteiger partial charge on any atom is -0.368 e. The van der Waals surface area contributed by atoms with Gasteiger partial charge in [0, 0.05) is 11.8 Å². The van der Waals surface area contributed by atoms with Crippen LogP contribution in [0.15, 0.2) is 0 Å². The van der Waals surface area contributed by atoms with Gasteiger partial charge in [-0.1, -0.05) is 0 Å². The van der Waals surface area contributed by atoms with Crippen LogP contribution in [0.25, 0.3) is 0 Å². The standard InChI is InChI=1S/C9H12N4/c10-9-12-7(5-1-2-5)11-8(13-9)6-3-4-6/h5-6H,1-4H2,(H2,10,11,12,13). The van der Waals surface area contributed by atoms with E-state index >= 15 is 0 Å². The lowest BCUT2D eigenvalue weighted by atomic mass is 10.3. The Morgan fingerprint density at radius 3 is 1.69 bits per heavy atom. The van der Waals surface area contributed by atoms with Crippen molar-refractivity contribution in [2.45, 2.75) is 37.5 Å². The van der Waals surface area contributed by atoms with Crippen molar-refractivity contribution in [1.82, 2.24) is 15.0 Å². The SMILES string of the molecule is Nc1nc(C2CC2)nc(C2CC2)n1. The molecule has 68 valence electrons. The van der Waals surface area contributed by atoms with Crippen LogP contribution in [0.5, 0.6) is 0 Å². The van der Waals surface area contributed by atoms with Crippen molar-refractivity contribution in [2.24, 2.45) is 0 Å². The Labute approximate surface area is 76.6 Å². The average Bonchev–Trinajstić information content (AvgIpc) is 2.98. The molecule has 0 spiro atoms. The van der Waals surface area contributed by atoms with Gasteiger partial charge in [-0.25, -0.2) is 4.98 Å². The van der Waals surface area contributed by atoms with E-state index in [1.807, 2.05) is 0 Å². The molecule has 1 heterocycles. The zero-order valence-electron chi connectivity index (χ0n) is 7.40. The van der Waals surface area contributed by atoms with Gasteiger partial charge in [-0.05, 0) is 25.7 Å². The number of nitrogen functional groups attached to an aromatic ring is 1. The third kappa shape index (κ3) is 1.36. The summed E-state index contributed by atoms with van der Waals surface area (Å²) in [7, 11) is 0. The van der Waals surface area contributed by atoms with Crippen molar-refractivity contribution in [2.75, 3.05) is 5.73 Å². The fourth-order valence-electron chi connectivity index (χ4n) is 1.48. The van der Waals surface area contributed by atoms with Crippen LogP contribution in [0.3, 0.4) is 0 Å². The van der Waals surface area contributed by atoms with Gasteiger partial charge in [-0.3, -0.25) is 0 Å². The van der Waals surface area contributed by atoms with E-state index in [2.05, 4.69) is 15.0 Å². The highest BCUT2D eigenvalue weighted by Crippen LogP contribution is 2.41. The van der Waals surface area contributed by atoms with Gasteiger partial charge in [0.2, 0.25) is 5.95 Å². The van der Waals surface area contributed by atoms with E-state index < -0.39 is 0 Å². The van der Waals surface area contributed by atoms with Gasteiger partial charge < -0.3 is 5.73 Å². The highest BCUT2D eigenvalue weighted by atomic mass is 15.1. The highest BCUT2D eigenvalue weighted by molar-refractivity contribution is 5.22. The van der Waals surface area contributed by atoms with E-state index in [-0.39, 0.29) is 0 Å². The molecule has 2 fully saturated rings. The fourth-order valence-corrected chi connectivity index (χ4v) is 1.48. The zero-order chi connectivity index (χ0) is 8.84. The van der Waals surface area contributed by atoms with Crippen LogP contribution < -0.4 is 5.73 Å². The van der Waals surface area contributed by atoms with Gasteiger partial charge in [0.05, 0.1) is 0 Å². The van der Waals surface area contributed by atoms with Crippen LogP contribution >= 0.6 is 0 Å². The molecular weight excluding hydrogens is 164 g/mol. The van der Waals surface area contributed by atoms with E-state index in [1.54, 1.807) is 0 Å². The molecule has 1 aromatic rings. The highest BCUT2D eigenvalue weighted by Gasteiger charge is 2.31. The van der Waals surface area contributed by atoms with Crippen LogP contribution in [-0.2, 0) is 0 Å². The van der Waals surface area contributed by atoms with Crippen LogP contribution in [0.1, 0.15) is 49.2 Å². The second-order valence-corrected chi connectivity index (χ2v) is 3.96. The van der Waals surface area contributed by atoms with Gasteiger partial charge in [-0.15, -0.1) is 0 Å². The van der Waals surface area contributed by atoms with Gasteiger partial charge in [-0.2, -0.15) is 9.97 Å². The minimum atomic E-state index is 0.402. The van der Waals surface area contributed by atoms with Crippen molar-refractivity contribution in [3.8, 4) is 0 Å². The van der Waals surface area contributed by atoms with E-state index in [0.29, 0.717) is 17.8 Å². The lowest BCUT2D eigenvalue weighted by Crippen LogP contribution is -2.05. The van der Waals surface area contributed by atoms with Crippen LogP contribution in [0, 0.1) is 0 Å². The molecule has 0 amide bonds. The summed E-state index contributed by atoms with van der Waals surface area (Å²) in [5.74, 6) is 3.40. The summed E-state index contributed by atoms with van der Waals surface area (Å²) in [6.45, 7) is 0. The molecule has 2 aliphatic rings. The molecule has 2 saturated carbocycles. The number of aromatic nitrogens is 3. The number of anilines is 1. The average molecular weight is 176 g/mol. The number of hydrogen-bond donors (Lipinski definition) is 1. The molecule has 0 unspecified atom stereocenters. The molecular formula is C9H12N4. The van der Waals surface area contributed by atoms with Crippen molar-refractivity contribution in [3.63, 3.8) is 0 Å². The first-order chi connectivity index (χ1) is 6.33. The van der Waals surface area contributed by atoms with E-state index in [9.17, 15) is 0 Å². The molecule has 4 heteroatoms. The predicted molar refractivity (Wildman–Crippen MR) is 48.2 cm³/mol. The molecule has 0 aliphatic heterocycles. The van der Waals surface area contributed by atoms with Crippen LogP contribution in [0.4, 0.5) is 5.95 Å². The minimum absolute atomic E-state index is 0.402. The first-order valence-corrected chi connectivity index (χ1v) is 4.84. The third-order valence-electron chi connectivity index (χ3n) is 2.57. The lowest BCUT2D eigenvalue weighted by molar-refractivity contribution is 0.821. The number of hydrogen-bond acceptors (Lipinski definition) is 4. The lowest BCUT2D eigenvalue weighted by Gasteiger charge is -2.01. The number of nitrogens with zero attached hydrogens (tertiary/aromatic N) is 3. The summed E-state index contributed by atoms with van der Waals surface area (Å²) in [6.07, 6.45) is 4.86. The maximum Gasteiger partial charge on any atom is 0.223 e. The maximum atomic E-state index is 5.63. The smallest absolute Gasteiger partial charge is 0.223 e. The van der Waals surface area contributed by atoms with Crippen LogP contribution in [-0.4, -0.2) is 15.0 Å². The Kier molecular flexibility index (Phi) is 1.34. The quantitative estimate of drug-likeness (QED) is 0.735. The Hall–Kier alpha value is -1.19. The van der Waals surface area contributed by atoms with Crippen molar-refractivity contribution >= 4 is 5.95 Å². The molecule has 3 rings (SSSR count). The second kappa shape index (κ2) is 2.40. The van der Waals surface area contributed by atoms with Crippen molar-refractivity contribution in [3.05, 3.63) is 11.6 Å². The Bertz CT molecular complexity index is 311. The predicted octanol–water partition coefficient (Wildman–Crippen LogP) is 1.21. The Morgan fingerprint density at radius 1 is 0.846 bits per heavy atom. The molecule has 1 aromatic heterocycles. The van der Waals surface area contributed by atoms with Gasteiger partial charge in [0.1, 0.15) is 11.6 Å². The molecule has 13 heavy (non-hydrogen) atoms. The van der Waals surface area contributed by atoms with E-state index in [1.165, 1.54) is 25.7 Å². The molecule has 2 aliphatic carbocycles. The largest absolute Gasteiger partial charge is 0.368 e. The van der Waals surface area contributed by atoms with Crippen molar-refractivity contribution in [1.29, 1.82) is 0 Å². The van der Waals surface area contributed by atoms with Crippen LogP contribution in [0.2, 0.25) is 0 Å². The number of rotatable bonds is 2. The zero-order valence-corrected chi connectivity index (χ0v) is 7.40. The molecule has 0 aromatic carbocycles.